The number of carbonyl (C=O) groups is 2. The topological polar surface area (TPSA) is 61.9 Å². The summed E-state index contributed by atoms with van der Waals surface area (Å²) in [5.74, 6) is 0.0518. The number of rotatable bonds is 6. The standard InChI is InChI=1S/C21H35N3O3S/c1-6-23(15-19(25)22-16(2)18-10-8-14-28-18)17-9-7-12-24(13-11-17)20(26)27-21(3,4)5/h8,10,14,16-17H,6-7,9,11-13,15H2,1-5H3,(H,22,25)/t16-,17-/m1/s1. The maximum Gasteiger partial charge on any atom is 0.410 e. The lowest BCUT2D eigenvalue weighted by molar-refractivity contribution is -0.123. The molecule has 1 saturated heterocycles. The zero-order chi connectivity index (χ0) is 20.7. The van der Waals surface area contributed by atoms with E-state index in [4.69, 9.17) is 4.74 Å². The Hall–Kier alpha value is -1.60. The second-order valence-corrected chi connectivity index (χ2v) is 9.40. The zero-order valence-electron chi connectivity index (χ0n) is 17.9. The van der Waals surface area contributed by atoms with Gasteiger partial charge in [0.05, 0.1) is 12.6 Å². The van der Waals surface area contributed by atoms with Crippen molar-refractivity contribution in [2.45, 2.75) is 71.6 Å². The number of carbonyl (C=O) groups excluding carboxylic acids is 2. The van der Waals surface area contributed by atoms with Crippen molar-refractivity contribution in [3.8, 4) is 0 Å². The Morgan fingerprint density at radius 2 is 2.11 bits per heavy atom. The summed E-state index contributed by atoms with van der Waals surface area (Å²) in [5.41, 5.74) is -0.477. The van der Waals surface area contributed by atoms with Crippen LogP contribution >= 0.6 is 11.3 Å². The molecule has 0 unspecified atom stereocenters. The van der Waals surface area contributed by atoms with Gasteiger partial charge in [-0.3, -0.25) is 9.69 Å². The number of ether oxygens (including phenoxy) is 1. The molecule has 0 bridgehead atoms. The quantitative estimate of drug-likeness (QED) is 0.770. The first-order valence-corrected chi connectivity index (χ1v) is 11.1. The van der Waals surface area contributed by atoms with Crippen molar-refractivity contribution in [2.24, 2.45) is 0 Å². The van der Waals surface area contributed by atoms with Gasteiger partial charge in [0.1, 0.15) is 5.60 Å². The molecular formula is C21H35N3O3S. The molecule has 1 aromatic heterocycles. The third kappa shape index (κ3) is 7.09. The fourth-order valence-corrected chi connectivity index (χ4v) is 4.27. The molecular weight excluding hydrogens is 374 g/mol. The SMILES string of the molecule is CCN(CC(=O)N[C@H](C)c1cccs1)[C@@H]1CCCN(C(=O)OC(C)(C)C)CC1. The summed E-state index contributed by atoms with van der Waals surface area (Å²) < 4.78 is 5.51. The highest BCUT2D eigenvalue weighted by molar-refractivity contribution is 7.10. The minimum atomic E-state index is -0.477. The lowest BCUT2D eigenvalue weighted by Crippen LogP contribution is -2.44. The molecule has 1 fully saturated rings. The van der Waals surface area contributed by atoms with Gasteiger partial charge in [-0.1, -0.05) is 13.0 Å². The van der Waals surface area contributed by atoms with Crippen LogP contribution in [0, 0.1) is 0 Å². The van der Waals surface area contributed by atoms with Gasteiger partial charge in [-0.25, -0.2) is 4.79 Å². The summed E-state index contributed by atoms with van der Waals surface area (Å²) in [6, 6.07) is 4.38. The summed E-state index contributed by atoms with van der Waals surface area (Å²) in [6.45, 7) is 12.4. The van der Waals surface area contributed by atoms with Crippen molar-refractivity contribution in [3.05, 3.63) is 22.4 Å². The average Bonchev–Trinajstić information content (AvgIpc) is 3.03. The van der Waals surface area contributed by atoms with E-state index in [2.05, 4.69) is 17.1 Å². The van der Waals surface area contributed by atoms with Crippen LogP contribution in [0.3, 0.4) is 0 Å². The predicted molar refractivity (Wildman–Crippen MR) is 114 cm³/mol. The summed E-state index contributed by atoms with van der Waals surface area (Å²) in [7, 11) is 0. The summed E-state index contributed by atoms with van der Waals surface area (Å²) in [5, 5.41) is 5.13. The number of hydrogen-bond donors (Lipinski definition) is 1. The first-order chi connectivity index (χ1) is 13.2. The zero-order valence-corrected chi connectivity index (χ0v) is 18.7. The van der Waals surface area contributed by atoms with E-state index < -0.39 is 5.60 Å². The molecule has 1 aliphatic heterocycles. The minimum absolute atomic E-state index is 0.0306. The average molecular weight is 410 g/mol. The molecule has 28 heavy (non-hydrogen) atoms. The summed E-state index contributed by atoms with van der Waals surface area (Å²) in [4.78, 5) is 30.1. The summed E-state index contributed by atoms with van der Waals surface area (Å²) in [6.07, 6.45) is 2.54. The third-order valence-electron chi connectivity index (χ3n) is 4.97. The van der Waals surface area contributed by atoms with Crippen LogP contribution in [-0.2, 0) is 9.53 Å². The Labute approximate surface area is 173 Å². The predicted octanol–water partition coefficient (Wildman–Crippen LogP) is 4.04. The van der Waals surface area contributed by atoms with Crippen molar-refractivity contribution in [3.63, 3.8) is 0 Å². The van der Waals surface area contributed by atoms with Crippen LogP contribution in [0.5, 0.6) is 0 Å². The largest absolute Gasteiger partial charge is 0.444 e. The number of nitrogens with one attached hydrogen (secondary N) is 1. The molecule has 158 valence electrons. The molecule has 0 spiro atoms. The molecule has 0 aliphatic carbocycles. The molecule has 2 amide bonds. The van der Waals surface area contributed by atoms with Crippen LogP contribution in [-0.4, -0.2) is 59.6 Å². The van der Waals surface area contributed by atoms with E-state index >= 15 is 0 Å². The Balaban J connectivity index is 1.86. The van der Waals surface area contributed by atoms with Gasteiger partial charge < -0.3 is 15.0 Å². The van der Waals surface area contributed by atoms with E-state index in [0.717, 1.165) is 25.8 Å². The Bertz CT molecular complexity index is 627. The number of likely N-dealkylation sites (N-methyl/N-ethyl adjacent to an activating group) is 1. The second-order valence-electron chi connectivity index (χ2n) is 8.42. The minimum Gasteiger partial charge on any atom is -0.444 e. The van der Waals surface area contributed by atoms with Crippen LogP contribution in [0.4, 0.5) is 4.79 Å². The van der Waals surface area contributed by atoms with Gasteiger partial charge in [0.2, 0.25) is 5.91 Å². The smallest absolute Gasteiger partial charge is 0.410 e. The second kappa shape index (κ2) is 10.3. The highest BCUT2D eigenvalue weighted by Gasteiger charge is 2.28. The van der Waals surface area contributed by atoms with Crippen molar-refractivity contribution in [1.29, 1.82) is 0 Å². The molecule has 2 rings (SSSR count). The number of thiophene rings is 1. The maximum absolute atomic E-state index is 12.5. The highest BCUT2D eigenvalue weighted by atomic mass is 32.1. The third-order valence-corrected chi connectivity index (χ3v) is 6.02. The number of hydrogen-bond acceptors (Lipinski definition) is 5. The number of nitrogens with zero attached hydrogens (tertiary/aromatic N) is 2. The Morgan fingerprint density at radius 1 is 1.36 bits per heavy atom. The van der Waals surface area contributed by atoms with E-state index in [-0.39, 0.29) is 18.0 Å². The van der Waals surface area contributed by atoms with Gasteiger partial charge in [0, 0.05) is 24.0 Å². The van der Waals surface area contributed by atoms with Gasteiger partial charge in [-0.05, 0) is 64.9 Å². The van der Waals surface area contributed by atoms with Crippen molar-refractivity contribution >= 4 is 23.3 Å². The van der Waals surface area contributed by atoms with Crippen molar-refractivity contribution < 1.29 is 14.3 Å². The lowest BCUT2D eigenvalue weighted by atomic mass is 10.1. The molecule has 1 aromatic rings. The van der Waals surface area contributed by atoms with Crippen LogP contribution in [0.25, 0.3) is 0 Å². The van der Waals surface area contributed by atoms with E-state index in [1.165, 1.54) is 4.88 Å². The van der Waals surface area contributed by atoms with Crippen molar-refractivity contribution in [2.75, 3.05) is 26.2 Å². The monoisotopic (exact) mass is 409 g/mol. The van der Waals surface area contributed by atoms with Gasteiger partial charge >= 0.3 is 6.09 Å². The Kier molecular flexibility index (Phi) is 8.31. The van der Waals surface area contributed by atoms with Crippen LogP contribution in [0.15, 0.2) is 17.5 Å². The molecule has 0 aromatic carbocycles. The lowest BCUT2D eigenvalue weighted by Gasteiger charge is -2.30. The molecule has 2 heterocycles. The van der Waals surface area contributed by atoms with Gasteiger partial charge in [0.15, 0.2) is 0 Å². The summed E-state index contributed by atoms with van der Waals surface area (Å²) >= 11 is 1.66. The highest BCUT2D eigenvalue weighted by Crippen LogP contribution is 2.20. The Morgan fingerprint density at radius 3 is 2.71 bits per heavy atom. The normalized spacial score (nSPS) is 19.2. The first kappa shape index (κ1) is 22.7. The van der Waals surface area contributed by atoms with Crippen LogP contribution < -0.4 is 5.32 Å². The van der Waals surface area contributed by atoms with Gasteiger partial charge in [-0.15, -0.1) is 11.3 Å². The number of likely N-dealkylation sites (tertiary alicyclic amines) is 1. The van der Waals surface area contributed by atoms with E-state index in [1.807, 2.05) is 45.2 Å². The van der Waals surface area contributed by atoms with Crippen LogP contribution in [0.2, 0.25) is 0 Å². The van der Waals surface area contributed by atoms with Crippen LogP contribution in [0.1, 0.15) is 64.8 Å². The fraction of sp³-hybridized carbons (Fsp3) is 0.714. The molecule has 2 atom stereocenters. The molecule has 0 radical (unpaired) electrons. The first-order valence-electron chi connectivity index (χ1n) is 10.2. The van der Waals surface area contributed by atoms with E-state index in [9.17, 15) is 9.59 Å². The number of amides is 2. The molecule has 6 nitrogen and oxygen atoms in total. The van der Waals surface area contributed by atoms with Gasteiger partial charge in [0.25, 0.3) is 0 Å². The maximum atomic E-state index is 12.5. The molecule has 7 heteroatoms. The van der Waals surface area contributed by atoms with Gasteiger partial charge in [-0.2, -0.15) is 0 Å². The van der Waals surface area contributed by atoms with E-state index in [0.29, 0.717) is 25.7 Å². The molecule has 1 N–H and O–H groups in total. The fourth-order valence-electron chi connectivity index (χ4n) is 3.53. The molecule has 0 saturated carbocycles. The van der Waals surface area contributed by atoms with E-state index in [1.54, 1.807) is 16.2 Å². The van der Waals surface area contributed by atoms with Crippen molar-refractivity contribution in [1.82, 2.24) is 15.1 Å². The molecule has 1 aliphatic rings.